The highest BCUT2D eigenvalue weighted by molar-refractivity contribution is 5.97. The van der Waals surface area contributed by atoms with Gasteiger partial charge in [0.1, 0.15) is 11.5 Å². The van der Waals surface area contributed by atoms with Crippen molar-refractivity contribution in [1.82, 2.24) is 9.88 Å². The number of nitrogens with one attached hydrogen (secondary N) is 2. The number of hydrogen-bond donors (Lipinski definition) is 4. The van der Waals surface area contributed by atoms with Crippen LogP contribution in [0.3, 0.4) is 0 Å². The van der Waals surface area contributed by atoms with Gasteiger partial charge in [0.25, 0.3) is 11.5 Å². The highest BCUT2D eigenvalue weighted by Gasteiger charge is 2.23. The number of amides is 1. The highest BCUT2D eigenvalue weighted by Crippen LogP contribution is 2.15. The lowest BCUT2D eigenvalue weighted by atomic mass is 10.1. The molecule has 0 saturated heterocycles. The summed E-state index contributed by atoms with van der Waals surface area (Å²) in [4.78, 5) is 25.8. The van der Waals surface area contributed by atoms with E-state index in [-0.39, 0.29) is 35.8 Å². The van der Waals surface area contributed by atoms with Crippen molar-refractivity contribution in [3.05, 3.63) is 94.2 Å². The van der Waals surface area contributed by atoms with Crippen LogP contribution in [0.15, 0.2) is 76.8 Å². The minimum atomic E-state index is -1.25. The van der Waals surface area contributed by atoms with Crippen LogP contribution in [0.25, 0.3) is 0 Å². The summed E-state index contributed by atoms with van der Waals surface area (Å²) in [6.45, 7) is 1.72. The number of carbonyl (C=O) groups excluding carboxylic acids is 1. The van der Waals surface area contributed by atoms with E-state index in [0.717, 1.165) is 11.8 Å². The Morgan fingerprint density at radius 1 is 1.21 bits per heavy atom. The Kier molecular flexibility index (Phi) is 7.77. The molecule has 1 amide bonds. The second-order valence-electron chi connectivity index (χ2n) is 6.94. The van der Waals surface area contributed by atoms with Crippen LogP contribution in [0.2, 0.25) is 0 Å². The number of ether oxygens (including phenoxy) is 1. The van der Waals surface area contributed by atoms with E-state index in [1.54, 1.807) is 19.1 Å². The number of anilines is 2. The predicted octanol–water partition coefficient (Wildman–Crippen LogP) is 2.68. The molecule has 9 nitrogen and oxygen atoms in total. The lowest BCUT2D eigenvalue weighted by Gasteiger charge is -2.20. The molecule has 0 aliphatic heterocycles. The number of para-hydroxylation sites is 1. The molecular formula is C23H24FN5O4. The molecule has 172 valence electrons. The van der Waals surface area contributed by atoms with Crippen LogP contribution in [0.1, 0.15) is 24.3 Å². The Morgan fingerprint density at radius 2 is 1.97 bits per heavy atom. The fourth-order valence-electron chi connectivity index (χ4n) is 3.08. The van der Waals surface area contributed by atoms with Gasteiger partial charge in [-0.15, -0.1) is 0 Å². The van der Waals surface area contributed by atoms with Crippen LogP contribution < -0.4 is 21.9 Å². The summed E-state index contributed by atoms with van der Waals surface area (Å²) in [5, 5.41) is 17.1. The van der Waals surface area contributed by atoms with Crippen LogP contribution in [0.4, 0.5) is 15.8 Å². The van der Waals surface area contributed by atoms with E-state index in [1.807, 2.05) is 30.3 Å². The summed E-state index contributed by atoms with van der Waals surface area (Å²) >= 11 is 0. The number of hydrogen-bond acceptors (Lipinski definition) is 6. The van der Waals surface area contributed by atoms with Gasteiger partial charge in [-0.2, -0.15) is 0 Å². The van der Waals surface area contributed by atoms with Crippen molar-refractivity contribution in [1.29, 1.82) is 0 Å². The van der Waals surface area contributed by atoms with Crippen molar-refractivity contribution in [3.63, 3.8) is 0 Å². The van der Waals surface area contributed by atoms with E-state index < -0.39 is 23.5 Å². The molecule has 5 N–H and O–H groups in total. The van der Waals surface area contributed by atoms with Crippen LogP contribution >= 0.6 is 0 Å². The summed E-state index contributed by atoms with van der Waals surface area (Å²) in [6.07, 6.45) is 0.199. The minimum absolute atomic E-state index is 0.151. The molecule has 0 aliphatic rings. The SMILES string of the molecule is CCOC(C(=O)NCc1ccc(C(N)=NO)cc1F)n1cccc(Nc2ccccc2)c1=O. The summed E-state index contributed by atoms with van der Waals surface area (Å²) in [7, 11) is 0. The summed E-state index contributed by atoms with van der Waals surface area (Å²) in [5.41, 5.74) is 6.37. The molecule has 1 unspecified atom stereocenters. The molecule has 0 spiro atoms. The fraction of sp³-hybridized carbons (Fsp3) is 0.174. The number of halogens is 1. The van der Waals surface area contributed by atoms with Gasteiger partial charge >= 0.3 is 0 Å². The Bertz CT molecular complexity index is 1200. The largest absolute Gasteiger partial charge is 0.409 e. The van der Waals surface area contributed by atoms with Crippen LogP contribution in [-0.2, 0) is 16.1 Å². The third-order valence-electron chi connectivity index (χ3n) is 4.74. The van der Waals surface area contributed by atoms with Crippen molar-refractivity contribution in [2.45, 2.75) is 19.7 Å². The molecule has 1 atom stereocenters. The number of aromatic nitrogens is 1. The molecule has 3 aromatic rings. The van der Waals surface area contributed by atoms with Gasteiger partial charge in [0.05, 0.1) is 0 Å². The number of rotatable bonds is 9. The first-order chi connectivity index (χ1) is 15.9. The first kappa shape index (κ1) is 23.5. The molecule has 1 heterocycles. The molecule has 2 aromatic carbocycles. The van der Waals surface area contributed by atoms with Gasteiger partial charge in [-0.3, -0.25) is 14.2 Å². The molecule has 3 rings (SSSR count). The maximum atomic E-state index is 14.4. The van der Waals surface area contributed by atoms with E-state index in [9.17, 15) is 14.0 Å². The van der Waals surface area contributed by atoms with Crippen LogP contribution in [0, 0.1) is 5.82 Å². The van der Waals surface area contributed by atoms with Crippen LogP contribution in [-0.4, -0.2) is 28.1 Å². The third-order valence-corrected chi connectivity index (χ3v) is 4.74. The van der Waals surface area contributed by atoms with E-state index in [4.69, 9.17) is 15.7 Å². The normalized spacial score (nSPS) is 12.2. The Labute approximate surface area is 189 Å². The molecule has 0 aliphatic carbocycles. The molecule has 0 radical (unpaired) electrons. The Hall–Kier alpha value is -4.18. The number of nitrogens with zero attached hydrogens (tertiary/aromatic N) is 2. The van der Waals surface area contributed by atoms with Gasteiger partial charge in [-0.1, -0.05) is 35.5 Å². The zero-order chi connectivity index (χ0) is 23.8. The number of oxime groups is 1. The van der Waals surface area contributed by atoms with Gasteiger partial charge in [0, 0.05) is 36.2 Å². The average molecular weight is 453 g/mol. The molecule has 0 fully saturated rings. The standard InChI is InChI=1S/C23H24FN5O4/c1-2-33-23(21(30)26-14-16-11-10-15(13-18(16)24)20(25)28-32)29-12-6-9-19(22(29)31)27-17-7-4-3-5-8-17/h3-13,23,27,32H,2,14H2,1H3,(H2,25,28)(H,26,30). The van der Waals surface area contributed by atoms with E-state index in [1.165, 1.54) is 22.9 Å². The maximum absolute atomic E-state index is 14.4. The zero-order valence-corrected chi connectivity index (χ0v) is 17.9. The summed E-state index contributed by atoms with van der Waals surface area (Å²) in [6, 6.07) is 16.3. The molecule has 33 heavy (non-hydrogen) atoms. The van der Waals surface area contributed by atoms with Gasteiger partial charge in [-0.05, 0) is 37.3 Å². The number of carbonyl (C=O) groups is 1. The van der Waals surface area contributed by atoms with Gasteiger partial charge in [0.2, 0.25) is 6.23 Å². The summed E-state index contributed by atoms with van der Waals surface area (Å²) < 4.78 is 21.1. The lowest BCUT2D eigenvalue weighted by molar-refractivity contribution is -0.139. The van der Waals surface area contributed by atoms with E-state index >= 15 is 0 Å². The van der Waals surface area contributed by atoms with Gasteiger partial charge in [0.15, 0.2) is 5.84 Å². The lowest BCUT2D eigenvalue weighted by Crippen LogP contribution is -2.38. The Morgan fingerprint density at radius 3 is 2.64 bits per heavy atom. The minimum Gasteiger partial charge on any atom is -0.409 e. The zero-order valence-electron chi connectivity index (χ0n) is 17.9. The second kappa shape index (κ2) is 10.9. The van der Waals surface area contributed by atoms with Crippen LogP contribution in [0.5, 0.6) is 0 Å². The first-order valence-corrected chi connectivity index (χ1v) is 10.1. The fourth-order valence-corrected chi connectivity index (χ4v) is 3.08. The first-order valence-electron chi connectivity index (χ1n) is 10.1. The summed E-state index contributed by atoms with van der Waals surface area (Å²) in [5.74, 6) is -1.49. The van der Waals surface area contributed by atoms with E-state index in [0.29, 0.717) is 0 Å². The van der Waals surface area contributed by atoms with Crippen molar-refractivity contribution in [3.8, 4) is 0 Å². The van der Waals surface area contributed by atoms with E-state index in [2.05, 4.69) is 15.8 Å². The number of nitrogens with two attached hydrogens (primary N) is 1. The quantitative estimate of drug-likeness (QED) is 0.171. The highest BCUT2D eigenvalue weighted by atomic mass is 19.1. The topological polar surface area (TPSA) is 131 Å². The second-order valence-corrected chi connectivity index (χ2v) is 6.94. The molecule has 1 aromatic heterocycles. The molecular weight excluding hydrogens is 429 g/mol. The molecule has 10 heteroatoms. The predicted molar refractivity (Wildman–Crippen MR) is 122 cm³/mol. The van der Waals surface area contributed by atoms with Crippen molar-refractivity contribution < 1.29 is 19.1 Å². The molecule has 0 bridgehead atoms. The smallest absolute Gasteiger partial charge is 0.276 e. The van der Waals surface area contributed by atoms with Gasteiger partial charge in [-0.25, -0.2) is 4.39 Å². The monoisotopic (exact) mass is 453 g/mol. The Balaban J connectivity index is 1.78. The maximum Gasteiger partial charge on any atom is 0.276 e. The van der Waals surface area contributed by atoms with Crippen molar-refractivity contribution >= 4 is 23.1 Å². The number of amidine groups is 1. The number of benzene rings is 2. The van der Waals surface area contributed by atoms with Crippen molar-refractivity contribution in [2.75, 3.05) is 11.9 Å². The average Bonchev–Trinajstić information content (AvgIpc) is 2.83. The third kappa shape index (κ3) is 5.74. The molecule has 0 saturated carbocycles. The number of pyridine rings is 1. The van der Waals surface area contributed by atoms with Gasteiger partial charge < -0.3 is 26.3 Å². The van der Waals surface area contributed by atoms with Crippen molar-refractivity contribution in [2.24, 2.45) is 10.9 Å².